The van der Waals surface area contributed by atoms with E-state index in [0.29, 0.717) is 6.61 Å². The van der Waals surface area contributed by atoms with E-state index in [1.165, 1.54) is 12.1 Å². The Balaban J connectivity index is 2.21. The van der Waals surface area contributed by atoms with Crippen molar-refractivity contribution in [1.82, 2.24) is 5.32 Å². The van der Waals surface area contributed by atoms with Gasteiger partial charge in [0.25, 0.3) is 5.69 Å². The van der Waals surface area contributed by atoms with Crippen LogP contribution in [-0.4, -0.2) is 17.6 Å². The molecule has 5 heteroatoms. The second kappa shape index (κ2) is 3.96. The summed E-state index contributed by atoms with van der Waals surface area (Å²) >= 11 is 0. The number of nitro groups is 1. The standard InChI is InChI=1S/C10H12N2O3/c1-7-6-15-10(11-7)8-3-2-4-9(5-8)12(13)14/h2-5,7,10-11H,6H2,1H3/t7-,10-/m0/s1. The average molecular weight is 208 g/mol. The SMILES string of the molecule is C[C@H]1CO[C@@H](c2cccc([N+](=O)[O-])c2)N1. The summed E-state index contributed by atoms with van der Waals surface area (Å²) in [5.74, 6) is 0. The summed E-state index contributed by atoms with van der Waals surface area (Å²) in [5, 5.41) is 13.8. The Hall–Kier alpha value is -1.46. The Morgan fingerprint density at radius 2 is 2.40 bits per heavy atom. The van der Waals surface area contributed by atoms with E-state index < -0.39 is 4.92 Å². The van der Waals surface area contributed by atoms with E-state index in [-0.39, 0.29) is 18.0 Å². The Morgan fingerprint density at radius 3 is 3.00 bits per heavy atom. The molecule has 0 aliphatic carbocycles. The van der Waals surface area contributed by atoms with Gasteiger partial charge in [0.15, 0.2) is 0 Å². The summed E-state index contributed by atoms with van der Waals surface area (Å²) in [7, 11) is 0. The molecular weight excluding hydrogens is 196 g/mol. The largest absolute Gasteiger partial charge is 0.357 e. The highest BCUT2D eigenvalue weighted by Gasteiger charge is 2.23. The number of hydrogen-bond acceptors (Lipinski definition) is 4. The molecule has 1 aromatic carbocycles. The van der Waals surface area contributed by atoms with Gasteiger partial charge < -0.3 is 4.74 Å². The average Bonchev–Trinajstić information content (AvgIpc) is 2.65. The van der Waals surface area contributed by atoms with Crippen molar-refractivity contribution in [3.05, 3.63) is 39.9 Å². The quantitative estimate of drug-likeness (QED) is 0.592. The second-order valence-corrected chi connectivity index (χ2v) is 3.63. The van der Waals surface area contributed by atoms with E-state index >= 15 is 0 Å². The predicted octanol–water partition coefficient (Wildman–Crippen LogP) is 1.60. The third-order valence-electron chi connectivity index (χ3n) is 2.33. The van der Waals surface area contributed by atoms with Crippen LogP contribution in [0, 0.1) is 10.1 Å². The first kappa shape index (κ1) is 10.1. The van der Waals surface area contributed by atoms with Crippen LogP contribution in [0.4, 0.5) is 5.69 Å². The van der Waals surface area contributed by atoms with Gasteiger partial charge in [-0.2, -0.15) is 0 Å². The maximum absolute atomic E-state index is 10.6. The Bertz CT molecular complexity index is 381. The van der Waals surface area contributed by atoms with E-state index in [0.717, 1.165) is 5.56 Å². The molecule has 2 rings (SSSR count). The summed E-state index contributed by atoms with van der Waals surface area (Å²) in [6.07, 6.45) is -0.222. The minimum atomic E-state index is -0.401. The molecule has 0 aromatic heterocycles. The zero-order valence-electron chi connectivity index (χ0n) is 8.34. The number of nitro benzene ring substituents is 1. The van der Waals surface area contributed by atoms with Crippen molar-refractivity contribution >= 4 is 5.69 Å². The molecule has 1 aromatic rings. The van der Waals surface area contributed by atoms with Crippen molar-refractivity contribution in [2.75, 3.05) is 6.61 Å². The smallest absolute Gasteiger partial charge is 0.269 e. The van der Waals surface area contributed by atoms with Gasteiger partial charge in [0.05, 0.1) is 11.5 Å². The zero-order valence-corrected chi connectivity index (χ0v) is 8.34. The van der Waals surface area contributed by atoms with Crippen LogP contribution < -0.4 is 5.32 Å². The molecule has 1 N–H and O–H groups in total. The summed E-state index contributed by atoms with van der Waals surface area (Å²) in [6.45, 7) is 2.64. The third kappa shape index (κ3) is 2.14. The third-order valence-corrected chi connectivity index (χ3v) is 2.33. The fourth-order valence-electron chi connectivity index (χ4n) is 1.59. The lowest BCUT2D eigenvalue weighted by molar-refractivity contribution is -0.385. The number of ether oxygens (including phenoxy) is 1. The van der Waals surface area contributed by atoms with E-state index in [1.54, 1.807) is 6.07 Å². The highest BCUT2D eigenvalue weighted by Crippen LogP contribution is 2.23. The summed E-state index contributed by atoms with van der Waals surface area (Å²) in [5.41, 5.74) is 0.894. The first-order valence-electron chi connectivity index (χ1n) is 4.79. The summed E-state index contributed by atoms with van der Waals surface area (Å²) in [6, 6.07) is 6.79. The van der Waals surface area contributed by atoms with Crippen LogP contribution >= 0.6 is 0 Å². The highest BCUT2D eigenvalue weighted by atomic mass is 16.6. The van der Waals surface area contributed by atoms with Crippen LogP contribution in [0.2, 0.25) is 0 Å². The van der Waals surface area contributed by atoms with E-state index in [9.17, 15) is 10.1 Å². The lowest BCUT2D eigenvalue weighted by Crippen LogP contribution is -2.22. The van der Waals surface area contributed by atoms with E-state index in [4.69, 9.17) is 4.74 Å². The van der Waals surface area contributed by atoms with Crippen molar-refractivity contribution in [3.63, 3.8) is 0 Å². The van der Waals surface area contributed by atoms with Gasteiger partial charge in [-0.25, -0.2) is 0 Å². The molecule has 1 fully saturated rings. The topological polar surface area (TPSA) is 64.4 Å². The molecule has 0 unspecified atom stereocenters. The van der Waals surface area contributed by atoms with Crippen LogP contribution in [-0.2, 0) is 4.74 Å². The first-order valence-corrected chi connectivity index (χ1v) is 4.79. The van der Waals surface area contributed by atoms with Crippen LogP contribution in [0.25, 0.3) is 0 Å². The Morgan fingerprint density at radius 1 is 1.60 bits per heavy atom. The van der Waals surface area contributed by atoms with E-state index in [2.05, 4.69) is 5.32 Å². The summed E-state index contributed by atoms with van der Waals surface area (Å²) < 4.78 is 5.45. The number of rotatable bonds is 2. The molecule has 15 heavy (non-hydrogen) atoms. The minimum Gasteiger partial charge on any atom is -0.357 e. The van der Waals surface area contributed by atoms with Crippen molar-refractivity contribution in [3.8, 4) is 0 Å². The molecule has 80 valence electrons. The fourth-order valence-corrected chi connectivity index (χ4v) is 1.59. The molecule has 0 saturated carbocycles. The van der Waals surface area contributed by atoms with Gasteiger partial charge in [-0.15, -0.1) is 0 Å². The first-order chi connectivity index (χ1) is 7.16. The van der Waals surface area contributed by atoms with Crippen LogP contribution in [0.3, 0.4) is 0 Å². The maximum atomic E-state index is 10.6. The van der Waals surface area contributed by atoms with Crippen molar-refractivity contribution in [2.45, 2.75) is 19.2 Å². The fraction of sp³-hybridized carbons (Fsp3) is 0.400. The van der Waals surface area contributed by atoms with Gasteiger partial charge in [-0.3, -0.25) is 15.4 Å². The zero-order chi connectivity index (χ0) is 10.8. The van der Waals surface area contributed by atoms with Gasteiger partial charge in [-0.05, 0) is 6.92 Å². The lowest BCUT2D eigenvalue weighted by atomic mass is 10.2. The van der Waals surface area contributed by atoms with Crippen LogP contribution in [0.15, 0.2) is 24.3 Å². The Labute approximate surface area is 87.2 Å². The molecule has 0 spiro atoms. The minimum absolute atomic E-state index is 0.0949. The van der Waals surface area contributed by atoms with Gasteiger partial charge in [0, 0.05) is 23.7 Å². The molecule has 0 amide bonds. The lowest BCUT2D eigenvalue weighted by Gasteiger charge is -2.10. The number of hydrogen-bond donors (Lipinski definition) is 1. The molecule has 2 atom stereocenters. The molecule has 1 saturated heterocycles. The molecule has 0 radical (unpaired) electrons. The molecule has 5 nitrogen and oxygen atoms in total. The number of nitrogens with zero attached hydrogens (tertiary/aromatic N) is 1. The molecule has 0 bridgehead atoms. The number of nitrogens with one attached hydrogen (secondary N) is 1. The highest BCUT2D eigenvalue weighted by molar-refractivity contribution is 5.35. The van der Waals surface area contributed by atoms with Gasteiger partial charge in [0.2, 0.25) is 0 Å². The van der Waals surface area contributed by atoms with Crippen molar-refractivity contribution < 1.29 is 9.66 Å². The molecule has 1 aliphatic heterocycles. The van der Waals surface area contributed by atoms with Crippen molar-refractivity contribution in [1.29, 1.82) is 0 Å². The van der Waals surface area contributed by atoms with Gasteiger partial charge in [-0.1, -0.05) is 12.1 Å². The van der Waals surface area contributed by atoms with Crippen LogP contribution in [0.5, 0.6) is 0 Å². The maximum Gasteiger partial charge on any atom is 0.269 e. The molecule has 1 heterocycles. The van der Waals surface area contributed by atoms with E-state index in [1.807, 2.05) is 13.0 Å². The van der Waals surface area contributed by atoms with Crippen molar-refractivity contribution in [2.24, 2.45) is 0 Å². The second-order valence-electron chi connectivity index (χ2n) is 3.63. The Kier molecular flexibility index (Phi) is 2.66. The van der Waals surface area contributed by atoms with Crippen LogP contribution in [0.1, 0.15) is 18.7 Å². The molecule has 1 aliphatic rings. The summed E-state index contributed by atoms with van der Waals surface area (Å²) in [4.78, 5) is 10.2. The monoisotopic (exact) mass is 208 g/mol. The predicted molar refractivity (Wildman–Crippen MR) is 54.4 cm³/mol. The normalized spacial score (nSPS) is 25.4. The number of benzene rings is 1. The molecular formula is C10H12N2O3. The van der Waals surface area contributed by atoms with Gasteiger partial charge in [0.1, 0.15) is 6.23 Å². The number of non-ortho nitro benzene ring substituents is 1. The van der Waals surface area contributed by atoms with Gasteiger partial charge >= 0.3 is 0 Å².